The van der Waals surface area contributed by atoms with E-state index in [0.717, 1.165) is 5.56 Å². The predicted molar refractivity (Wildman–Crippen MR) is 138 cm³/mol. The molecular formula is C24H29FIN5O2. The summed E-state index contributed by atoms with van der Waals surface area (Å²) in [4.78, 5) is 21.2. The summed E-state index contributed by atoms with van der Waals surface area (Å²) in [6.07, 6.45) is 1.60. The molecule has 176 valence electrons. The van der Waals surface area contributed by atoms with Gasteiger partial charge >= 0.3 is 0 Å². The van der Waals surface area contributed by atoms with Gasteiger partial charge in [-0.05, 0) is 50.6 Å². The number of hydrogen-bond donors (Lipinski definition) is 3. The van der Waals surface area contributed by atoms with Crippen LogP contribution in [-0.4, -0.2) is 36.5 Å². The minimum Gasteiger partial charge on any atom is -0.444 e. The predicted octanol–water partition coefficient (Wildman–Crippen LogP) is 4.20. The highest BCUT2D eigenvalue weighted by Crippen LogP contribution is 2.19. The Balaban J connectivity index is 0.00000385. The highest BCUT2D eigenvalue weighted by atomic mass is 127. The fourth-order valence-electron chi connectivity index (χ4n) is 2.90. The van der Waals surface area contributed by atoms with Crippen molar-refractivity contribution in [3.05, 3.63) is 76.9 Å². The van der Waals surface area contributed by atoms with Crippen LogP contribution in [0.15, 0.2) is 58.1 Å². The summed E-state index contributed by atoms with van der Waals surface area (Å²) < 4.78 is 19.2. The molecule has 0 unspecified atom stereocenters. The minimum atomic E-state index is -0.393. The van der Waals surface area contributed by atoms with Crippen molar-refractivity contribution in [2.45, 2.75) is 27.3 Å². The molecule has 3 rings (SSSR count). The van der Waals surface area contributed by atoms with Gasteiger partial charge in [-0.15, -0.1) is 24.0 Å². The molecule has 2 aromatic carbocycles. The molecule has 0 aliphatic heterocycles. The van der Waals surface area contributed by atoms with E-state index < -0.39 is 5.82 Å². The van der Waals surface area contributed by atoms with Crippen molar-refractivity contribution < 1.29 is 13.6 Å². The van der Waals surface area contributed by atoms with Crippen molar-refractivity contribution in [3.63, 3.8) is 0 Å². The Morgan fingerprint density at radius 1 is 1.06 bits per heavy atom. The molecule has 1 aromatic heterocycles. The van der Waals surface area contributed by atoms with Gasteiger partial charge in [0.25, 0.3) is 5.91 Å². The summed E-state index contributed by atoms with van der Waals surface area (Å²) in [6.45, 7) is 7.51. The van der Waals surface area contributed by atoms with Gasteiger partial charge in [0, 0.05) is 30.8 Å². The summed E-state index contributed by atoms with van der Waals surface area (Å²) in [5.41, 5.74) is 3.61. The van der Waals surface area contributed by atoms with E-state index in [-0.39, 0.29) is 29.9 Å². The van der Waals surface area contributed by atoms with Crippen LogP contribution in [0.3, 0.4) is 0 Å². The van der Waals surface area contributed by atoms with Gasteiger partial charge in [-0.25, -0.2) is 14.4 Å². The minimum absolute atomic E-state index is 0. The van der Waals surface area contributed by atoms with Crippen molar-refractivity contribution in [1.82, 2.24) is 20.9 Å². The zero-order valence-corrected chi connectivity index (χ0v) is 21.3. The molecule has 0 radical (unpaired) electrons. The fraction of sp³-hybridized carbons (Fsp3) is 0.292. The van der Waals surface area contributed by atoms with Crippen LogP contribution in [0.5, 0.6) is 0 Å². The number of aromatic nitrogens is 1. The number of carbonyl (C=O) groups is 1. The fourth-order valence-corrected chi connectivity index (χ4v) is 2.90. The third-order valence-electron chi connectivity index (χ3n) is 4.73. The number of halogens is 2. The first kappa shape index (κ1) is 26.3. The lowest BCUT2D eigenvalue weighted by molar-refractivity contribution is 0.0954. The van der Waals surface area contributed by atoms with E-state index in [2.05, 4.69) is 25.9 Å². The second-order valence-corrected chi connectivity index (χ2v) is 7.35. The van der Waals surface area contributed by atoms with E-state index in [1.54, 1.807) is 25.3 Å². The Labute approximate surface area is 210 Å². The van der Waals surface area contributed by atoms with Crippen LogP contribution in [-0.2, 0) is 6.54 Å². The lowest BCUT2D eigenvalue weighted by Crippen LogP contribution is -2.41. The third-order valence-corrected chi connectivity index (χ3v) is 4.73. The molecular weight excluding hydrogens is 536 g/mol. The molecule has 3 aromatic rings. The summed E-state index contributed by atoms with van der Waals surface area (Å²) >= 11 is 0. The first-order chi connectivity index (χ1) is 15.5. The normalized spacial score (nSPS) is 11.0. The van der Waals surface area contributed by atoms with Crippen LogP contribution in [0.25, 0.3) is 11.5 Å². The maximum Gasteiger partial charge on any atom is 0.251 e. The van der Waals surface area contributed by atoms with Gasteiger partial charge in [-0.3, -0.25) is 4.79 Å². The summed E-state index contributed by atoms with van der Waals surface area (Å²) in [7, 11) is 0. The third kappa shape index (κ3) is 7.85. The van der Waals surface area contributed by atoms with Crippen LogP contribution in [0.1, 0.15) is 34.1 Å². The van der Waals surface area contributed by atoms with Gasteiger partial charge in [0.1, 0.15) is 17.8 Å². The van der Waals surface area contributed by atoms with Gasteiger partial charge in [0.05, 0.1) is 6.54 Å². The van der Waals surface area contributed by atoms with Crippen molar-refractivity contribution in [2.75, 3.05) is 19.6 Å². The molecule has 1 amide bonds. The molecule has 0 saturated heterocycles. The largest absolute Gasteiger partial charge is 0.444 e. The number of oxazole rings is 1. The van der Waals surface area contributed by atoms with Crippen molar-refractivity contribution in [3.8, 4) is 11.5 Å². The Morgan fingerprint density at radius 2 is 1.79 bits per heavy atom. The monoisotopic (exact) mass is 565 g/mol. The maximum atomic E-state index is 13.6. The molecule has 33 heavy (non-hydrogen) atoms. The molecule has 0 spiro atoms. The van der Waals surface area contributed by atoms with E-state index in [1.807, 2.05) is 38.1 Å². The zero-order chi connectivity index (χ0) is 22.9. The average Bonchev–Trinajstić information content (AvgIpc) is 3.26. The average molecular weight is 565 g/mol. The lowest BCUT2D eigenvalue weighted by atomic mass is 10.1. The van der Waals surface area contributed by atoms with Crippen LogP contribution < -0.4 is 16.0 Å². The van der Waals surface area contributed by atoms with Crippen LogP contribution in [0.4, 0.5) is 4.39 Å². The summed E-state index contributed by atoms with van der Waals surface area (Å²) in [5.74, 6) is 0.445. The Bertz CT molecular complexity index is 1080. The first-order valence-electron chi connectivity index (χ1n) is 10.5. The standard InChI is InChI=1S/C24H28FN5O2.HI/c1-4-26-24(28-12-11-27-22(31)19-10-7-17(3)21(25)13-19)29-14-20-15-32-23(30-20)18-8-5-16(2)6-9-18;/h5-10,13,15H,4,11-12,14H2,1-3H3,(H,27,31)(H2,26,28,29);1H. The molecule has 0 saturated carbocycles. The van der Waals surface area contributed by atoms with E-state index >= 15 is 0 Å². The Morgan fingerprint density at radius 3 is 2.48 bits per heavy atom. The Kier molecular flexibility index (Phi) is 10.3. The number of aliphatic imine (C=N–C) groups is 1. The summed E-state index contributed by atoms with van der Waals surface area (Å²) in [6, 6.07) is 12.4. The molecule has 0 aliphatic rings. The number of aryl methyl sites for hydroxylation is 2. The molecule has 9 heteroatoms. The maximum absolute atomic E-state index is 13.6. The van der Waals surface area contributed by atoms with Crippen molar-refractivity contribution in [1.29, 1.82) is 0 Å². The van der Waals surface area contributed by atoms with E-state index in [4.69, 9.17) is 4.42 Å². The van der Waals surface area contributed by atoms with E-state index in [9.17, 15) is 9.18 Å². The Hall–Kier alpha value is -2.95. The highest BCUT2D eigenvalue weighted by Gasteiger charge is 2.09. The smallest absolute Gasteiger partial charge is 0.251 e. The number of rotatable bonds is 8. The molecule has 1 heterocycles. The second kappa shape index (κ2) is 12.9. The van der Waals surface area contributed by atoms with Crippen LogP contribution in [0, 0.1) is 19.7 Å². The van der Waals surface area contributed by atoms with Gasteiger partial charge in [0.2, 0.25) is 5.89 Å². The zero-order valence-electron chi connectivity index (χ0n) is 18.9. The van der Waals surface area contributed by atoms with Gasteiger partial charge in [-0.1, -0.05) is 23.8 Å². The van der Waals surface area contributed by atoms with Crippen molar-refractivity contribution in [2.24, 2.45) is 4.99 Å². The molecule has 3 N–H and O–H groups in total. The number of guanidine groups is 1. The molecule has 7 nitrogen and oxygen atoms in total. The molecule has 0 bridgehead atoms. The lowest BCUT2D eigenvalue weighted by Gasteiger charge is -2.11. The molecule has 0 aliphatic carbocycles. The number of nitrogens with zero attached hydrogens (tertiary/aromatic N) is 2. The number of nitrogens with one attached hydrogen (secondary N) is 3. The number of carbonyl (C=O) groups excluding carboxylic acids is 1. The van der Waals surface area contributed by atoms with Crippen LogP contribution >= 0.6 is 24.0 Å². The van der Waals surface area contributed by atoms with Crippen LogP contribution in [0.2, 0.25) is 0 Å². The summed E-state index contributed by atoms with van der Waals surface area (Å²) in [5, 5.41) is 9.07. The van der Waals surface area contributed by atoms with Crippen molar-refractivity contribution >= 4 is 35.8 Å². The van der Waals surface area contributed by atoms with Gasteiger partial charge < -0.3 is 20.4 Å². The molecule has 0 fully saturated rings. The number of benzene rings is 2. The van der Waals surface area contributed by atoms with Gasteiger partial charge in [-0.2, -0.15) is 0 Å². The van der Waals surface area contributed by atoms with E-state index in [0.29, 0.717) is 54.9 Å². The SMILES string of the molecule is CCNC(=NCc1coc(-c2ccc(C)cc2)n1)NCCNC(=O)c1ccc(C)c(F)c1.I. The quantitative estimate of drug-likeness (QED) is 0.165. The highest BCUT2D eigenvalue weighted by molar-refractivity contribution is 14.0. The topological polar surface area (TPSA) is 91.6 Å². The van der Waals surface area contributed by atoms with Gasteiger partial charge in [0.15, 0.2) is 5.96 Å². The van der Waals surface area contributed by atoms with E-state index in [1.165, 1.54) is 11.6 Å². The molecule has 0 atom stereocenters. The second-order valence-electron chi connectivity index (χ2n) is 7.35. The first-order valence-corrected chi connectivity index (χ1v) is 10.5. The number of hydrogen-bond acceptors (Lipinski definition) is 4. The number of amides is 1.